The Labute approximate surface area is 232 Å². The molecule has 1 amide bonds. The first kappa shape index (κ1) is 30.2. The lowest BCUT2D eigenvalue weighted by Crippen LogP contribution is -2.45. The quantitative estimate of drug-likeness (QED) is 0.154. The summed E-state index contributed by atoms with van der Waals surface area (Å²) in [4.78, 5) is 36.2. The Morgan fingerprint density at radius 1 is 0.769 bits per heavy atom. The molecular weight excluding hydrogens is 494 g/mol. The van der Waals surface area contributed by atoms with E-state index < -0.39 is 30.7 Å². The fourth-order valence-corrected chi connectivity index (χ4v) is 5.14. The Balaban J connectivity index is 1.32. The zero-order valence-electron chi connectivity index (χ0n) is 23.2. The van der Waals surface area contributed by atoms with E-state index in [0.29, 0.717) is 6.42 Å². The number of carboxylic acids is 1. The maximum atomic E-state index is 12.4. The van der Waals surface area contributed by atoms with Crippen molar-refractivity contribution < 1.29 is 29.0 Å². The number of fused-ring (bicyclic) bond motifs is 3. The maximum absolute atomic E-state index is 12.4. The van der Waals surface area contributed by atoms with Gasteiger partial charge in [0.05, 0.1) is 0 Å². The maximum Gasteiger partial charge on any atom is 0.407 e. The summed E-state index contributed by atoms with van der Waals surface area (Å²) in [5, 5.41) is 11.8. The molecule has 0 bridgehead atoms. The van der Waals surface area contributed by atoms with Crippen molar-refractivity contribution in [3.63, 3.8) is 0 Å². The second-order valence-electron chi connectivity index (χ2n) is 10.3. The van der Waals surface area contributed by atoms with E-state index in [1.807, 2.05) is 48.5 Å². The van der Waals surface area contributed by atoms with Crippen LogP contribution in [0, 0.1) is 0 Å². The van der Waals surface area contributed by atoms with Gasteiger partial charge in [0.25, 0.3) is 0 Å². The van der Waals surface area contributed by atoms with Gasteiger partial charge in [0.2, 0.25) is 0 Å². The molecule has 0 saturated heterocycles. The Morgan fingerprint density at radius 3 is 1.82 bits per heavy atom. The number of carbonyl (C=O) groups is 3. The predicted octanol–water partition coefficient (Wildman–Crippen LogP) is 7.22. The van der Waals surface area contributed by atoms with E-state index in [2.05, 4.69) is 12.2 Å². The van der Waals surface area contributed by atoms with Crippen LogP contribution in [0.2, 0.25) is 0 Å². The highest BCUT2D eigenvalue weighted by molar-refractivity contribution is 5.81. The summed E-state index contributed by atoms with van der Waals surface area (Å²) in [5.41, 5.74) is 4.35. The topological polar surface area (TPSA) is 102 Å². The number of hydrogen-bond acceptors (Lipinski definition) is 5. The Morgan fingerprint density at radius 2 is 1.28 bits per heavy atom. The standard InChI is InChI=1S/C32H43NO6/c1-2-3-4-5-6-7-8-9-10-11-12-21-30(34)38-23-29(31(35)36)33-32(37)39-22-28-26-19-15-13-17-24(26)25-18-14-16-20-27(25)28/h13-20,28-29H,2-12,21-23H2,1H3,(H,33,37)(H,35,36)/t29-/m0/s1. The van der Waals surface area contributed by atoms with Crippen molar-refractivity contribution in [1.82, 2.24) is 5.32 Å². The van der Waals surface area contributed by atoms with Crippen LogP contribution >= 0.6 is 0 Å². The molecule has 1 aliphatic carbocycles. The number of benzene rings is 2. The molecule has 0 spiro atoms. The molecular formula is C32H43NO6. The first-order chi connectivity index (χ1) is 19.0. The van der Waals surface area contributed by atoms with Crippen molar-refractivity contribution in [2.45, 2.75) is 95.9 Å². The minimum atomic E-state index is -1.37. The van der Waals surface area contributed by atoms with Crippen molar-refractivity contribution in [3.05, 3.63) is 59.7 Å². The van der Waals surface area contributed by atoms with E-state index in [9.17, 15) is 19.5 Å². The monoisotopic (exact) mass is 537 g/mol. The molecule has 1 atom stereocenters. The summed E-state index contributed by atoms with van der Waals surface area (Å²) in [7, 11) is 0. The predicted molar refractivity (Wildman–Crippen MR) is 152 cm³/mol. The van der Waals surface area contributed by atoms with Crippen LogP contribution in [0.4, 0.5) is 4.79 Å². The van der Waals surface area contributed by atoms with Crippen molar-refractivity contribution in [1.29, 1.82) is 0 Å². The molecule has 7 heteroatoms. The van der Waals surface area contributed by atoms with E-state index in [1.165, 1.54) is 51.4 Å². The van der Waals surface area contributed by atoms with Crippen LogP contribution in [0.1, 0.15) is 101 Å². The van der Waals surface area contributed by atoms with Crippen LogP contribution in [0.3, 0.4) is 0 Å². The molecule has 0 unspecified atom stereocenters. The van der Waals surface area contributed by atoms with Crippen molar-refractivity contribution in [2.24, 2.45) is 0 Å². The third kappa shape index (κ3) is 9.72. The molecule has 0 aliphatic heterocycles. The highest BCUT2D eigenvalue weighted by Crippen LogP contribution is 2.44. The second-order valence-corrected chi connectivity index (χ2v) is 10.3. The zero-order valence-corrected chi connectivity index (χ0v) is 23.2. The third-order valence-electron chi connectivity index (χ3n) is 7.33. The van der Waals surface area contributed by atoms with Crippen LogP contribution < -0.4 is 5.32 Å². The summed E-state index contributed by atoms with van der Waals surface area (Å²) in [6, 6.07) is 14.6. The molecule has 1 aliphatic rings. The number of aliphatic carboxylic acids is 1. The average molecular weight is 538 g/mol. The highest BCUT2D eigenvalue weighted by Gasteiger charge is 2.30. The van der Waals surface area contributed by atoms with E-state index in [0.717, 1.165) is 35.1 Å². The Bertz CT molecular complexity index is 1020. The number of esters is 1. The fraction of sp³-hybridized carbons (Fsp3) is 0.531. The minimum Gasteiger partial charge on any atom is -0.480 e. The number of alkyl carbamates (subject to hydrolysis) is 1. The van der Waals surface area contributed by atoms with Crippen LogP contribution in [0.25, 0.3) is 11.1 Å². The SMILES string of the molecule is CCCCCCCCCCCCCC(=O)OC[C@H](NC(=O)OCC1c2ccccc2-c2ccccc21)C(=O)O. The van der Waals surface area contributed by atoms with E-state index in [1.54, 1.807) is 0 Å². The summed E-state index contributed by atoms with van der Waals surface area (Å²) in [6.45, 7) is 1.87. The number of amides is 1. The zero-order chi connectivity index (χ0) is 27.9. The largest absolute Gasteiger partial charge is 0.480 e. The van der Waals surface area contributed by atoms with Crippen LogP contribution in [0.5, 0.6) is 0 Å². The number of nitrogens with one attached hydrogen (secondary N) is 1. The van der Waals surface area contributed by atoms with Gasteiger partial charge in [0.1, 0.15) is 13.2 Å². The van der Waals surface area contributed by atoms with Gasteiger partial charge in [-0.3, -0.25) is 4.79 Å². The van der Waals surface area contributed by atoms with Crippen LogP contribution in [-0.4, -0.2) is 42.4 Å². The lowest BCUT2D eigenvalue weighted by Gasteiger charge is -2.17. The molecule has 0 saturated carbocycles. The first-order valence-corrected chi connectivity index (χ1v) is 14.5. The van der Waals surface area contributed by atoms with Gasteiger partial charge in [0.15, 0.2) is 6.04 Å². The van der Waals surface area contributed by atoms with Gasteiger partial charge in [-0.25, -0.2) is 9.59 Å². The first-order valence-electron chi connectivity index (χ1n) is 14.5. The number of unbranched alkanes of at least 4 members (excludes halogenated alkanes) is 10. The number of carboxylic acid groups (broad SMARTS) is 1. The molecule has 212 valence electrons. The molecule has 0 radical (unpaired) electrons. The van der Waals surface area contributed by atoms with Gasteiger partial charge < -0.3 is 19.9 Å². The molecule has 2 N–H and O–H groups in total. The Kier molecular flexibility index (Phi) is 12.8. The smallest absolute Gasteiger partial charge is 0.407 e. The second kappa shape index (κ2) is 16.6. The fourth-order valence-electron chi connectivity index (χ4n) is 5.14. The molecule has 2 aromatic rings. The molecule has 39 heavy (non-hydrogen) atoms. The van der Waals surface area contributed by atoms with Crippen molar-refractivity contribution >= 4 is 18.0 Å². The third-order valence-corrected chi connectivity index (χ3v) is 7.33. The van der Waals surface area contributed by atoms with Gasteiger partial charge in [-0.2, -0.15) is 0 Å². The number of carbonyl (C=O) groups excluding carboxylic acids is 2. The molecule has 2 aromatic carbocycles. The van der Waals surface area contributed by atoms with Gasteiger partial charge >= 0.3 is 18.0 Å². The normalized spacial score (nSPS) is 12.8. The molecule has 0 heterocycles. The molecule has 3 rings (SSSR count). The van der Waals surface area contributed by atoms with E-state index in [4.69, 9.17) is 9.47 Å². The van der Waals surface area contributed by atoms with Crippen molar-refractivity contribution in [3.8, 4) is 11.1 Å². The summed E-state index contributed by atoms with van der Waals surface area (Å²) in [5.74, 6) is -1.87. The summed E-state index contributed by atoms with van der Waals surface area (Å²) < 4.78 is 10.6. The van der Waals surface area contributed by atoms with Gasteiger partial charge in [-0.05, 0) is 28.7 Å². The van der Waals surface area contributed by atoms with E-state index in [-0.39, 0.29) is 18.9 Å². The molecule has 0 aromatic heterocycles. The van der Waals surface area contributed by atoms with E-state index >= 15 is 0 Å². The van der Waals surface area contributed by atoms with Crippen LogP contribution in [0.15, 0.2) is 48.5 Å². The Hall–Kier alpha value is -3.35. The van der Waals surface area contributed by atoms with Gasteiger partial charge in [0, 0.05) is 12.3 Å². The average Bonchev–Trinajstić information content (AvgIpc) is 3.26. The molecule has 7 nitrogen and oxygen atoms in total. The van der Waals surface area contributed by atoms with Gasteiger partial charge in [-0.1, -0.05) is 120 Å². The number of hydrogen-bond donors (Lipinski definition) is 2. The minimum absolute atomic E-state index is 0.0742. The summed E-state index contributed by atoms with van der Waals surface area (Å²) in [6.07, 6.45) is 12.4. The van der Waals surface area contributed by atoms with Crippen molar-refractivity contribution in [2.75, 3.05) is 13.2 Å². The lowest BCUT2D eigenvalue weighted by molar-refractivity contribution is -0.148. The highest BCUT2D eigenvalue weighted by atomic mass is 16.6. The number of ether oxygens (including phenoxy) is 2. The number of rotatable bonds is 18. The lowest BCUT2D eigenvalue weighted by atomic mass is 9.98. The summed E-state index contributed by atoms with van der Waals surface area (Å²) >= 11 is 0. The van der Waals surface area contributed by atoms with Gasteiger partial charge in [-0.15, -0.1) is 0 Å². The molecule has 0 fully saturated rings. The van der Waals surface area contributed by atoms with Crippen LogP contribution in [-0.2, 0) is 19.1 Å².